The average Bonchev–Trinajstić information content (AvgIpc) is 2.84. The van der Waals surface area contributed by atoms with Crippen LogP contribution in [0.3, 0.4) is 0 Å². The summed E-state index contributed by atoms with van der Waals surface area (Å²) < 4.78 is 5.16. The van der Waals surface area contributed by atoms with Gasteiger partial charge in [-0.1, -0.05) is 0 Å². The Morgan fingerprint density at radius 1 is 1.23 bits per heavy atom. The summed E-state index contributed by atoms with van der Waals surface area (Å²) >= 11 is 1.41. The average molecular weight is 319 g/mol. The topological polar surface area (TPSA) is 55.3 Å². The van der Waals surface area contributed by atoms with Crippen LogP contribution in [0, 0.1) is 13.8 Å². The van der Waals surface area contributed by atoms with Crippen LogP contribution < -0.4 is 4.90 Å². The van der Waals surface area contributed by atoms with Gasteiger partial charge in [-0.3, -0.25) is 0 Å². The first kappa shape index (κ1) is 15.2. The van der Waals surface area contributed by atoms with Gasteiger partial charge in [0.05, 0.1) is 12.0 Å². The van der Waals surface area contributed by atoms with Crippen molar-refractivity contribution in [3.63, 3.8) is 0 Å². The van der Waals surface area contributed by atoms with E-state index < -0.39 is 0 Å². The molecule has 0 N–H and O–H groups in total. The lowest BCUT2D eigenvalue weighted by Gasteiger charge is -2.28. The fourth-order valence-corrected chi connectivity index (χ4v) is 4.06. The normalized spacial score (nSPS) is 15.3. The third-order valence-electron chi connectivity index (χ3n) is 4.00. The van der Waals surface area contributed by atoms with Crippen LogP contribution in [0.1, 0.15) is 47.2 Å². The van der Waals surface area contributed by atoms with Gasteiger partial charge in [-0.05, 0) is 45.6 Å². The predicted octanol–water partition coefficient (Wildman–Crippen LogP) is 3.48. The van der Waals surface area contributed by atoms with E-state index in [-0.39, 0.29) is 5.97 Å². The fraction of sp³-hybridized carbons (Fsp3) is 0.562. The lowest BCUT2D eigenvalue weighted by atomic mass is 10.1. The first-order chi connectivity index (χ1) is 10.6. The first-order valence-electron chi connectivity index (χ1n) is 7.81. The lowest BCUT2D eigenvalue weighted by molar-refractivity contribution is 0.0531. The summed E-state index contributed by atoms with van der Waals surface area (Å²) in [5, 5.41) is 1.01. The van der Waals surface area contributed by atoms with Gasteiger partial charge < -0.3 is 9.64 Å². The highest BCUT2D eigenvalue weighted by atomic mass is 32.1. The number of carbonyl (C=O) groups excluding carboxylic acids is 1. The number of aryl methyl sites for hydroxylation is 2. The molecule has 0 spiro atoms. The number of fused-ring (bicyclic) bond motifs is 1. The standard InChI is InChI=1S/C16H21N3O2S/c1-4-21-16(20)13-10(2)12-14(19-8-6-5-7-9-19)17-11(3)18-15(12)22-13/h4-9H2,1-3H3. The molecule has 1 fully saturated rings. The number of nitrogens with zero attached hydrogens (tertiary/aromatic N) is 3. The molecule has 2 aromatic rings. The maximum atomic E-state index is 12.1. The number of carbonyl (C=O) groups is 1. The van der Waals surface area contributed by atoms with E-state index in [0.29, 0.717) is 11.5 Å². The molecule has 1 saturated heterocycles. The summed E-state index contributed by atoms with van der Waals surface area (Å²) in [6.45, 7) is 8.13. The number of aromatic nitrogens is 2. The third-order valence-corrected chi connectivity index (χ3v) is 5.17. The van der Waals surface area contributed by atoms with Gasteiger partial charge >= 0.3 is 5.97 Å². The van der Waals surface area contributed by atoms with Gasteiger partial charge in [0.2, 0.25) is 0 Å². The molecule has 0 amide bonds. The Kier molecular flexibility index (Phi) is 4.29. The van der Waals surface area contributed by atoms with Crippen LogP contribution in [0.15, 0.2) is 0 Å². The van der Waals surface area contributed by atoms with E-state index in [2.05, 4.69) is 14.9 Å². The van der Waals surface area contributed by atoms with Gasteiger partial charge in [0, 0.05) is 13.1 Å². The molecule has 5 nitrogen and oxygen atoms in total. The fourth-order valence-electron chi connectivity index (χ4n) is 2.95. The van der Waals surface area contributed by atoms with Gasteiger partial charge in [0.25, 0.3) is 0 Å². The van der Waals surface area contributed by atoms with Gasteiger partial charge in [-0.2, -0.15) is 0 Å². The Balaban J connectivity index is 2.13. The largest absolute Gasteiger partial charge is 0.462 e. The molecule has 2 aromatic heterocycles. The Labute approximate surface area is 134 Å². The van der Waals surface area contributed by atoms with Crippen molar-refractivity contribution < 1.29 is 9.53 Å². The van der Waals surface area contributed by atoms with E-state index in [1.165, 1.54) is 30.6 Å². The van der Waals surface area contributed by atoms with E-state index >= 15 is 0 Å². The molecule has 0 unspecified atom stereocenters. The van der Waals surface area contributed by atoms with Crippen LogP contribution in [0.2, 0.25) is 0 Å². The number of rotatable bonds is 3. The molecule has 0 aromatic carbocycles. The molecule has 0 radical (unpaired) electrons. The van der Waals surface area contributed by atoms with Gasteiger partial charge in [-0.25, -0.2) is 14.8 Å². The maximum absolute atomic E-state index is 12.1. The van der Waals surface area contributed by atoms with E-state index in [4.69, 9.17) is 4.74 Å². The maximum Gasteiger partial charge on any atom is 0.348 e. The molecule has 3 rings (SSSR count). The van der Waals surface area contributed by atoms with E-state index in [9.17, 15) is 4.79 Å². The molecule has 0 saturated carbocycles. The molecule has 1 aliphatic heterocycles. The van der Waals surface area contributed by atoms with Crippen molar-refractivity contribution in [2.45, 2.75) is 40.0 Å². The highest BCUT2D eigenvalue weighted by Gasteiger charge is 2.24. The van der Waals surface area contributed by atoms with Crippen molar-refractivity contribution in [1.29, 1.82) is 0 Å². The van der Waals surface area contributed by atoms with Crippen LogP contribution in [0.25, 0.3) is 10.2 Å². The minimum atomic E-state index is -0.259. The summed E-state index contributed by atoms with van der Waals surface area (Å²) in [5.41, 5.74) is 0.944. The van der Waals surface area contributed by atoms with Crippen LogP contribution in [0.5, 0.6) is 0 Å². The zero-order valence-electron chi connectivity index (χ0n) is 13.3. The predicted molar refractivity (Wildman–Crippen MR) is 88.9 cm³/mol. The molecule has 0 bridgehead atoms. The van der Waals surface area contributed by atoms with Crippen molar-refractivity contribution in [2.75, 3.05) is 24.6 Å². The van der Waals surface area contributed by atoms with E-state index in [1.54, 1.807) is 0 Å². The first-order valence-corrected chi connectivity index (χ1v) is 8.63. The zero-order chi connectivity index (χ0) is 15.7. The second-order valence-electron chi connectivity index (χ2n) is 5.60. The van der Waals surface area contributed by atoms with Gasteiger partial charge in [-0.15, -0.1) is 11.3 Å². The Bertz CT molecular complexity index is 705. The molecule has 22 heavy (non-hydrogen) atoms. The number of piperidine rings is 1. The van der Waals surface area contributed by atoms with Gasteiger partial charge in [0.15, 0.2) is 0 Å². The molecule has 6 heteroatoms. The minimum absolute atomic E-state index is 0.259. The molecule has 3 heterocycles. The number of hydrogen-bond donors (Lipinski definition) is 0. The zero-order valence-corrected chi connectivity index (χ0v) is 14.1. The summed E-state index contributed by atoms with van der Waals surface area (Å²) in [5.74, 6) is 1.47. The Hall–Kier alpha value is -1.69. The highest BCUT2D eigenvalue weighted by Crippen LogP contribution is 2.36. The van der Waals surface area contributed by atoms with Gasteiger partial charge in [0.1, 0.15) is 21.3 Å². The van der Waals surface area contributed by atoms with Crippen LogP contribution >= 0.6 is 11.3 Å². The highest BCUT2D eigenvalue weighted by molar-refractivity contribution is 7.20. The Morgan fingerprint density at radius 2 is 1.95 bits per heavy atom. The van der Waals surface area contributed by atoms with Crippen LogP contribution in [-0.2, 0) is 4.74 Å². The molecule has 0 aliphatic carbocycles. The van der Waals surface area contributed by atoms with Crippen molar-refractivity contribution in [3.8, 4) is 0 Å². The van der Waals surface area contributed by atoms with Crippen LogP contribution in [0.4, 0.5) is 5.82 Å². The van der Waals surface area contributed by atoms with Crippen molar-refractivity contribution in [2.24, 2.45) is 0 Å². The molecule has 1 aliphatic rings. The quantitative estimate of drug-likeness (QED) is 0.811. The van der Waals surface area contributed by atoms with Crippen molar-refractivity contribution in [3.05, 3.63) is 16.3 Å². The number of anilines is 1. The lowest BCUT2D eigenvalue weighted by Crippen LogP contribution is -2.30. The monoisotopic (exact) mass is 319 g/mol. The van der Waals surface area contributed by atoms with Crippen LogP contribution in [-0.4, -0.2) is 35.6 Å². The number of esters is 1. The Morgan fingerprint density at radius 3 is 2.64 bits per heavy atom. The number of hydrogen-bond acceptors (Lipinski definition) is 6. The third kappa shape index (κ3) is 2.67. The summed E-state index contributed by atoms with van der Waals surface area (Å²) in [7, 11) is 0. The second kappa shape index (κ2) is 6.20. The number of ether oxygens (including phenoxy) is 1. The number of thiophene rings is 1. The minimum Gasteiger partial charge on any atom is -0.462 e. The molecule has 118 valence electrons. The molecular weight excluding hydrogens is 298 g/mol. The van der Waals surface area contributed by atoms with Crippen molar-refractivity contribution >= 4 is 33.3 Å². The summed E-state index contributed by atoms with van der Waals surface area (Å²) in [6, 6.07) is 0. The van der Waals surface area contributed by atoms with E-state index in [0.717, 1.165) is 40.5 Å². The summed E-state index contributed by atoms with van der Waals surface area (Å²) in [4.78, 5) is 25.2. The summed E-state index contributed by atoms with van der Waals surface area (Å²) in [6.07, 6.45) is 3.66. The van der Waals surface area contributed by atoms with E-state index in [1.807, 2.05) is 20.8 Å². The molecule has 0 atom stereocenters. The smallest absolute Gasteiger partial charge is 0.348 e. The SMILES string of the molecule is CCOC(=O)c1sc2nc(C)nc(N3CCCCC3)c2c1C. The molecular formula is C16H21N3O2S. The second-order valence-corrected chi connectivity index (χ2v) is 6.60. The van der Waals surface area contributed by atoms with Crippen molar-refractivity contribution in [1.82, 2.24) is 9.97 Å².